The molecule has 0 bridgehead atoms. The van der Waals surface area contributed by atoms with E-state index in [1.807, 2.05) is 11.8 Å². The second-order valence-corrected chi connectivity index (χ2v) is 8.44. The SMILES string of the molecule is CCCN1C=CC=CC1CC(P(=O)(O)O)P(=O)(O)O. The second kappa shape index (κ2) is 6.35. The zero-order valence-electron chi connectivity index (χ0n) is 10.5. The van der Waals surface area contributed by atoms with E-state index < -0.39 is 26.6 Å². The largest absolute Gasteiger partial charge is 0.371 e. The van der Waals surface area contributed by atoms with Gasteiger partial charge in [-0.1, -0.05) is 19.1 Å². The molecule has 1 aliphatic heterocycles. The smallest absolute Gasteiger partial charge is 0.340 e. The average molecular weight is 311 g/mol. The number of allylic oxidation sites excluding steroid dienone is 2. The number of rotatable bonds is 6. The normalized spacial score (nSPS) is 20.3. The molecule has 0 fully saturated rings. The van der Waals surface area contributed by atoms with Crippen LogP contribution in [-0.2, 0) is 9.13 Å². The maximum atomic E-state index is 11.3. The molecule has 0 aromatic rings. The maximum Gasteiger partial charge on any atom is 0.340 e. The van der Waals surface area contributed by atoms with Crippen molar-refractivity contribution in [2.75, 3.05) is 6.54 Å². The highest BCUT2D eigenvalue weighted by molar-refractivity contribution is 7.70. The molecule has 9 heteroatoms. The van der Waals surface area contributed by atoms with Gasteiger partial charge >= 0.3 is 15.2 Å². The predicted molar refractivity (Wildman–Crippen MR) is 71.6 cm³/mol. The van der Waals surface area contributed by atoms with Crippen LogP contribution in [0, 0.1) is 0 Å². The molecule has 0 aromatic carbocycles. The van der Waals surface area contributed by atoms with Crippen molar-refractivity contribution in [1.82, 2.24) is 4.90 Å². The van der Waals surface area contributed by atoms with Crippen molar-refractivity contribution in [2.45, 2.75) is 31.2 Å². The summed E-state index contributed by atoms with van der Waals surface area (Å²) in [6, 6.07) is -0.421. The molecule has 0 saturated heterocycles. The summed E-state index contributed by atoms with van der Waals surface area (Å²) in [6.45, 7) is 2.60. The Kier molecular flexibility index (Phi) is 5.56. The van der Waals surface area contributed by atoms with Crippen LogP contribution < -0.4 is 0 Å². The molecule has 0 spiro atoms. The summed E-state index contributed by atoms with van der Waals surface area (Å²) in [6.07, 6.45) is 7.46. The lowest BCUT2D eigenvalue weighted by Gasteiger charge is -2.33. The van der Waals surface area contributed by atoms with Crippen molar-refractivity contribution in [1.29, 1.82) is 0 Å². The fraction of sp³-hybridized carbons (Fsp3) is 0.600. The van der Waals surface area contributed by atoms with Crippen molar-refractivity contribution in [2.24, 2.45) is 0 Å². The summed E-state index contributed by atoms with van der Waals surface area (Å²) in [5.74, 6) is 0. The first-order valence-electron chi connectivity index (χ1n) is 5.87. The average Bonchev–Trinajstić information content (AvgIpc) is 2.25. The minimum absolute atomic E-state index is 0.282. The third kappa shape index (κ3) is 4.88. The van der Waals surface area contributed by atoms with Crippen LogP contribution in [0.2, 0.25) is 0 Å². The zero-order valence-corrected chi connectivity index (χ0v) is 12.3. The first-order valence-corrected chi connectivity index (χ1v) is 9.23. The third-order valence-electron chi connectivity index (χ3n) is 2.86. The van der Waals surface area contributed by atoms with E-state index in [4.69, 9.17) is 19.6 Å². The highest BCUT2D eigenvalue weighted by atomic mass is 31.2. The molecule has 4 N–H and O–H groups in total. The highest BCUT2D eigenvalue weighted by Crippen LogP contribution is 2.61. The van der Waals surface area contributed by atoms with Crippen molar-refractivity contribution in [3.05, 3.63) is 24.4 Å². The van der Waals surface area contributed by atoms with Gasteiger partial charge in [-0.15, -0.1) is 0 Å². The highest BCUT2D eigenvalue weighted by Gasteiger charge is 2.44. The van der Waals surface area contributed by atoms with Crippen LogP contribution in [0.15, 0.2) is 24.4 Å². The van der Waals surface area contributed by atoms with Crippen LogP contribution in [0.1, 0.15) is 19.8 Å². The fourth-order valence-corrected chi connectivity index (χ4v) is 4.52. The van der Waals surface area contributed by atoms with E-state index in [-0.39, 0.29) is 6.42 Å². The Bertz CT molecular complexity index is 429. The van der Waals surface area contributed by atoms with Crippen LogP contribution >= 0.6 is 15.2 Å². The molecule has 0 saturated carbocycles. The molecule has 0 amide bonds. The fourth-order valence-electron chi connectivity index (χ4n) is 1.97. The van der Waals surface area contributed by atoms with E-state index in [9.17, 15) is 9.13 Å². The van der Waals surface area contributed by atoms with Gasteiger partial charge in [-0.2, -0.15) is 0 Å². The van der Waals surface area contributed by atoms with Gasteiger partial charge in [0.1, 0.15) is 0 Å². The van der Waals surface area contributed by atoms with Gasteiger partial charge in [-0.3, -0.25) is 9.13 Å². The maximum absolute atomic E-state index is 11.3. The molecule has 1 heterocycles. The molecule has 0 aromatic heterocycles. The molecule has 1 aliphatic rings. The number of hydrogen-bond donors (Lipinski definition) is 4. The molecule has 1 rings (SSSR count). The Hall–Kier alpha value is -0.420. The number of nitrogens with zero attached hydrogens (tertiary/aromatic N) is 1. The minimum atomic E-state index is -4.86. The van der Waals surface area contributed by atoms with Gasteiger partial charge in [0.2, 0.25) is 0 Å². The summed E-state index contributed by atoms with van der Waals surface area (Å²) in [7, 11) is -9.71. The Morgan fingerprint density at radius 3 is 2.21 bits per heavy atom. The van der Waals surface area contributed by atoms with E-state index in [1.54, 1.807) is 24.4 Å². The summed E-state index contributed by atoms with van der Waals surface area (Å²) in [4.78, 5) is 38.3. The van der Waals surface area contributed by atoms with Crippen molar-refractivity contribution < 1.29 is 28.7 Å². The van der Waals surface area contributed by atoms with Gasteiger partial charge in [0.05, 0.1) is 0 Å². The van der Waals surface area contributed by atoms with E-state index in [0.29, 0.717) is 6.54 Å². The van der Waals surface area contributed by atoms with Gasteiger partial charge in [0, 0.05) is 12.6 Å². The summed E-state index contributed by atoms with van der Waals surface area (Å²) in [5, 5.41) is -1.96. The van der Waals surface area contributed by atoms with Crippen LogP contribution in [0.25, 0.3) is 0 Å². The molecule has 110 valence electrons. The third-order valence-corrected chi connectivity index (χ3v) is 6.64. The Balaban J connectivity index is 2.90. The van der Waals surface area contributed by atoms with Crippen LogP contribution in [0.5, 0.6) is 0 Å². The van der Waals surface area contributed by atoms with E-state index in [0.717, 1.165) is 6.42 Å². The van der Waals surface area contributed by atoms with Crippen LogP contribution in [0.4, 0.5) is 0 Å². The molecule has 1 unspecified atom stereocenters. The van der Waals surface area contributed by atoms with E-state index >= 15 is 0 Å². The van der Waals surface area contributed by atoms with Crippen molar-refractivity contribution >= 4 is 15.2 Å². The standard InChI is InChI=1S/C10H19NO6P2/c1-2-6-11-7-4-3-5-9(11)8-10(18(12,13)14)19(15,16)17/h3-5,7,9-10H,2,6,8H2,1H3,(H2,12,13,14)(H2,15,16,17). The summed E-state index contributed by atoms with van der Waals surface area (Å²) < 4.78 is 22.5. The van der Waals surface area contributed by atoms with Crippen LogP contribution in [0.3, 0.4) is 0 Å². The minimum Gasteiger partial charge on any atom is -0.371 e. The lowest BCUT2D eigenvalue weighted by Crippen LogP contribution is -2.34. The summed E-state index contributed by atoms with van der Waals surface area (Å²) >= 11 is 0. The molecule has 7 nitrogen and oxygen atoms in total. The van der Waals surface area contributed by atoms with Gasteiger partial charge in [-0.05, 0) is 25.1 Å². The van der Waals surface area contributed by atoms with Crippen molar-refractivity contribution in [3.8, 4) is 0 Å². The second-order valence-electron chi connectivity index (χ2n) is 4.43. The molecule has 1 atom stereocenters. The number of hydrogen-bond acceptors (Lipinski definition) is 3. The summed E-state index contributed by atoms with van der Waals surface area (Å²) in [5.41, 5.74) is 0. The Labute approximate surface area is 112 Å². The zero-order chi connectivity index (χ0) is 14.7. The van der Waals surface area contributed by atoms with E-state index in [1.165, 1.54) is 0 Å². The van der Waals surface area contributed by atoms with Gasteiger partial charge < -0.3 is 24.5 Å². The van der Waals surface area contributed by atoms with Gasteiger partial charge in [0.15, 0.2) is 5.40 Å². The monoisotopic (exact) mass is 311 g/mol. The lowest BCUT2D eigenvalue weighted by molar-refractivity contribution is 0.283. The molecule has 0 aliphatic carbocycles. The van der Waals surface area contributed by atoms with Crippen molar-refractivity contribution in [3.63, 3.8) is 0 Å². The predicted octanol–water partition coefficient (Wildman–Crippen LogP) is 1.22. The quantitative estimate of drug-likeness (QED) is 0.545. The molecular formula is C10H19NO6P2. The van der Waals surface area contributed by atoms with Crippen LogP contribution in [-0.4, -0.2) is 42.5 Å². The Morgan fingerprint density at radius 2 is 1.74 bits per heavy atom. The van der Waals surface area contributed by atoms with Gasteiger partial charge in [-0.25, -0.2) is 0 Å². The molecule has 0 radical (unpaired) electrons. The molecular weight excluding hydrogens is 292 g/mol. The first kappa shape index (κ1) is 16.6. The Morgan fingerprint density at radius 1 is 1.16 bits per heavy atom. The van der Waals surface area contributed by atoms with Gasteiger partial charge in [0.25, 0.3) is 0 Å². The first-order chi connectivity index (χ1) is 8.66. The molecule has 19 heavy (non-hydrogen) atoms. The lowest BCUT2D eigenvalue weighted by atomic mass is 10.1. The van der Waals surface area contributed by atoms with E-state index in [2.05, 4.69) is 0 Å². The topological polar surface area (TPSA) is 118 Å².